The van der Waals surface area contributed by atoms with E-state index in [9.17, 15) is 22.1 Å². The number of hydrogen-bond acceptors (Lipinski definition) is 5. The van der Waals surface area contributed by atoms with Gasteiger partial charge in [-0.05, 0) is 52.0 Å². The predicted octanol–water partition coefficient (Wildman–Crippen LogP) is 5.17. The highest BCUT2D eigenvalue weighted by atomic mass is 31.2. The Morgan fingerprint density at radius 1 is 1.04 bits per heavy atom. The molecule has 26 heavy (non-hydrogen) atoms. The van der Waals surface area contributed by atoms with E-state index in [2.05, 4.69) is 5.16 Å². The molecule has 0 aliphatic rings. The third-order valence-electron chi connectivity index (χ3n) is 3.02. The smallest absolute Gasteiger partial charge is 0.347 e. The van der Waals surface area contributed by atoms with E-state index in [4.69, 9.17) is 13.6 Å². The lowest BCUT2D eigenvalue weighted by atomic mass is 10.1. The van der Waals surface area contributed by atoms with Gasteiger partial charge in [0.25, 0.3) is 5.50 Å². The SMILES string of the molecule is CC(C)OP(=O)(OC(C)C)c1onc(-c2ccc(F)cc2)c1C(F)(F)F. The monoisotopic (exact) mass is 395 g/mol. The van der Waals surface area contributed by atoms with Gasteiger partial charge in [-0.3, -0.25) is 4.57 Å². The number of aromatic nitrogens is 1. The highest BCUT2D eigenvalue weighted by Gasteiger charge is 2.49. The third-order valence-corrected chi connectivity index (χ3v) is 5.22. The van der Waals surface area contributed by atoms with Gasteiger partial charge in [0.05, 0.1) is 12.2 Å². The van der Waals surface area contributed by atoms with Gasteiger partial charge >= 0.3 is 13.8 Å². The van der Waals surface area contributed by atoms with Crippen LogP contribution in [0.3, 0.4) is 0 Å². The fourth-order valence-electron chi connectivity index (χ4n) is 2.20. The summed E-state index contributed by atoms with van der Waals surface area (Å²) < 4.78 is 82.4. The summed E-state index contributed by atoms with van der Waals surface area (Å²) in [5, 5.41) is 3.41. The van der Waals surface area contributed by atoms with Gasteiger partial charge in [-0.15, -0.1) is 0 Å². The molecule has 0 amide bonds. The number of benzene rings is 1. The van der Waals surface area contributed by atoms with Crippen molar-refractivity contribution in [3.05, 3.63) is 35.6 Å². The maximum Gasteiger partial charge on any atom is 0.422 e. The molecule has 0 bridgehead atoms. The Kier molecular flexibility index (Phi) is 5.95. The van der Waals surface area contributed by atoms with Gasteiger partial charge < -0.3 is 13.6 Å². The minimum Gasteiger partial charge on any atom is -0.347 e. The summed E-state index contributed by atoms with van der Waals surface area (Å²) in [5.41, 5.74) is -3.05. The quantitative estimate of drug-likeness (QED) is 0.499. The Labute approximate surface area is 147 Å². The van der Waals surface area contributed by atoms with Crippen molar-refractivity contribution in [1.82, 2.24) is 5.16 Å². The first-order valence-corrected chi connectivity index (χ1v) is 9.28. The zero-order valence-electron chi connectivity index (χ0n) is 14.5. The van der Waals surface area contributed by atoms with Crippen LogP contribution in [-0.2, 0) is 19.8 Å². The van der Waals surface area contributed by atoms with Gasteiger partial charge in [0.1, 0.15) is 17.1 Å². The molecule has 0 fully saturated rings. The number of nitrogens with zero attached hydrogens (tertiary/aromatic N) is 1. The van der Waals surface area contributed by atoms with Crippen LogP contribution in [-0.4, -0.2) is 17.4 Å². The molecule has 1 aromatic heterocycles. The standard InChI is InChI=1S/C16H18F4NO4P/c1-9(2)24-26(22,25-10(3)4)15-13(16(18,19)20)14(21-23-15)11-5-7-12(17)8-6-11/h5-10H,1-4H3. The Balaban J connectivity index is 2.68. The van der Waals surface area contributed by atoms with Crippen molar-refractivity contribution in [2.45, 2.75) is 46.1 Å². The Morgan fingerprint density at radius 3 is 1.96 bits per heavy atom. The van der Waals surface area contributed by atoms with E-state index in [1.54, 1.807) is 0 Å². The first-order chi connectivity index (χ1) is 11.9. The second kappa shape index (κ2) is 7.50. The van der Waals surface area contributed by atoms with Gasteiger partial charge in [0.2, 0.25) is 0 Å². The molecule has 0 N–H and O–H groups in total. The second-order valence-electron chi connectivity index (χ2n) is 6.02. The molecule has 0 aliphatic heterocycles. The first-order valence-electron chi connectivity index (χ1n) is 7.74. The lowest BCUT2D eigenvalue weighted by Gasteiger charge is -2.21. The normalized spacial score (nSPS) is 13.0. The molecule has 0 unspecified atom stereocenters. The minimum absolute atomic E-state index is 0.0469. The fraction of sp³-hybridized carbons (Fsp3) is 0.438. The van der Waals surface area contributed by atoms with Crippen LogP contribution in [0.4, 0.5) is 17.6 Å². The lowest BCUT2D eigenvalue weighted by molar-refractivity contribution is -0.136. The summed E-state index contributed by atoms with van der Waals surface area (Å²) in [5.74, 6) is -0.622. The van der Waals surface area contributed by atoms with Crippen LogP contribution >= 0.6 is 7.60 Å². The summed E-state index contributed by atoms with van der Waals surface area (Å²) in [6.07, 6.45) is -6.34. The molecule has 0 radical (unpaired) electrons. The van der Waals surface area contributed by atoms with Crippen LogP contribution in [0.25, 0.3) is 11.3 Å². The van der Waals surface area contributed by atoms with Crippen molar-refractivity contribution in [2.24, 2.45) is 0 Å². The maximum atomic E-state index is 13.7. The fourth-order valence-corrected chi connectivity index (χ4v) is 4.20. The van der Waals surface area contributed by atoms with Crippen molar-refractivity contribution in [3.63, 3.8) is 0 Å². The molecule has 10 heteroatoms. The molecule has 0 aliphatic carbocycles. The molecule has 1 aromatic carbocycles. The summed E-state index contributed by atoms with van der Waals surface area (Å²) in [4.78, 5) is 0. The Morgan fingerprint density at radius 2 is 1.54 bits per heavy atom. The van der Waals surface area contributed by atoms with Crippen molar-refractivity contribution >= 4 is 13.1 Å². The average molecular weight is 395 g/mol. The molecular weight excluding hydrogens is 377 g/mol. The largest absolute Gasteiger partial charge is 0.422 e. The summed E-state index contributed by atoms with van der Waals surface area (Å²) >= 11 is 0. The van der Waals surface area contributed by atoms with Crippen molar-refractivity contribution < 1.29 is 35.7 Å². The van der Waals surface area contributed by atoms with Crippen LogP contribution < -0.4 is 5.50 Å². The van der Waals surface area contributed by atoms with E-state index in [0.717, 1.165) is 24.3 Å². The van der Waals surface area contributed by atoms with E-state index < -0.39 is 48.6 Å². The Bertz CT molecular complexity index is 786. The summed E-state index contributed by atoms with van der Waals surface area (Å²) in [6.45, 7) is 6.00. The average Bonchev–Trinajstić information content (AvgIpc) is 2.92. The third kappa shape index (κ3) is 4.52. The summed E-state index contributed by atoms with van der Waals surface area (Å²) in [7, 11) is -4.45. The highest BCUT2D eigenvalue weighted by Crippen LogP contribution is 2.53. The molecule has 2 rings (SSSR count). The summed E-state index contributed by atoms with van der Waals surface area (Å²) in [6, 6.07) is 4.20. The molecule has 1 heterocycles. The van der Waals surface area contributed by atoms with E-state index in [0.29, 0.717) is 0 Å². The van der Waals surface area contributed by atoms with E-state index in [1.807, 2.05) is 0 Å². The first kappa shape index (κ1) is 20.6. The van der Waals surface area contributed by atoms with E-state index in [-0.39, 0.29) is 5.56 Å². The predicted molar refractivity (Wildman–Crippen MR) is 86.6 cm³/mol. The molecule has 2 aromatic rings. The molecule has 144 valence electrons. The van der Waals surface area contributed by atoms with Crippen molar-refractivity contribution in [2.75, 3.05) is 0 Å². The van der Waals surface area contributed by atoms with Crippen LogP contribution in [0, 0.1) is 5.82 Å². The molecule has 0 atom stereocenters. The maximum absolute atomic E-state index is 13.7. The highest BCUT2D eigenvalue weighted by molar-refractivity contribution is 7.61. The van der Waals surface area contributed by atoms with Crippen LogP contribution in [0.1, 0.15) is 33.3 Å². The minimum atomic E-state index is -4.95. The van der Waals surface area contributed by atoms with E-state index >= 15 is 0 Å². The van der Waals surface area contributed by atoms with Crippen LogP contribution in [0.5, 0.6) is 0 Å². The van der Waals surface area contributed by atoms with Gasteiger partial charge in [0.15, 0.2) is 0 Å². The van der Waals surface area contributed by atoms with E-state index in [1.165, 1.54) is 27.7 Å². The number of alkyl halides is 3. The molecular formula is C16H18F4NO4P. The van der Waals surface area contributed by atoms with Crippen molar-refractivity contribution in [3.8, 4) is 11.3 Å². The Hall–Kier alpha value is -1.70. The van der Waals surface area contributed by atoms with Gasteiger partial charge in [-0.1, -0.05) is 5.16 Å². The second-order valence-corrected chi connectivity index (χ2v) is 7.84. The molecule has 0 saturated heterocycles. The van der Waals surface area contributed by atoms with Gasteiger partial charge in [-0.25, -0.2) is 4.39 Å². The van der Waals surface area contributed by atoms with Gasteiger partial charge in [0, 0.05) is 5.56 Å². The number of hydrogen-bond donors (Lipinski definition) is 0. The molecule has 0 spiro atoms. The topological polar surface area (TPSA) is 61.6 Å². The number of halogens is 4. The zero-order chi connectivity index (χ0) is 19.7. The number of rotatable bonds is 6. The molecule has 5 nitrogen and oxygen atoms in total. The zero-order valence-corrected chi connectivity index (χ0v) is 15.4. The van der Waals surface area contributed by atoms with Crippen LogP contribution in [0.15, 0.2) is 28.8 Å². The molecule has 0 saturated carbocycles. The van der Waals surface area contributed by atoms with Crippen molar-refractivity contribution in [1.29, 1.82) is 0 Å². The van der Waals surface area contributed by atoms with Gasteiger partial charge in [-0.2, -0.15) is 13.2 Å². The van der Waals surface area contributed by atoms with Crippen LogP contribution in [0.2, 0.25) is 0 Å². The lowest BCUT2D eigenvalue weighted by Crippen LogP contribution is -2.23.